The molecule has 1 aromatic rings. The number of hydrogen-bond acceptors (Lipinski definition) is 3. The molecule has 2 saturated heterocycles. The van der Waals surface area contributed by atoms with Crippen LogP contribution in [0.5, 0.6) is 0 Å². The summed E-state index contributed by atoms with van der Waals surface area (Å²) in [6.45, 7) is 9.58. The Balaban J connectivity index is 0.00000341. The number of carbonyl (C=O) groups excluding carboxylic acids is 1. The van der Waals surface area contributed by atoms with Crippen molar-refractivity contribution < 1.29 is 13.6 Å². The molecule has 1 unspecified atom stereocenters. The molecule has 2 aliphatic heterocycles. The van der Waals surface area contributed by atoms with Crippen LogP contribution in [0.3, 0.4) is 0 Å². The van der Waals surface area contributed by atoms with Crippen LogP contribution in [0.25, 0.3) is 0 Å². The van der Waals surface area contributed by atoms with E-state index in [0.717, 1.165) is 77.1 Å². The van der Waals surface area contributed by atoms with E-state index in [4.69, 9.17) is 0 Å². The number of amides is 1. The Labute approximate surface area is 201 Å². The molecule has 31 heavy (non-hydrogen) atoms. The molecule has 3 rings (SSSR count). The van der Waals surface area contributed by atoms with Crippen LogP contribution in [0, 0.1) is 11.6 Å². The van der Waals surface area contributed by atoms with Gasteiger partial charge >= 0.3 is 0 Å². The molecule has 0 bridgehead atoms. The largest absolute Gasteiger partial charge is 0.357 e. The molecule has 0 radical (unpaired) electrons. The number of carbonyl (C=O) groups is 1. The molecule has 1 amide bonds. The number of halogens is 3. The molecule has 1 atom stereocenters. The Hall–Kier alpha value is -1.49. The van der Waals surface area contributed by atoms with E-state index in [0.29, 0.717) is 5.56 Å². The first kappa shape index (κ1) is 25.8. The quantitative estimate of drug-likeness (QED) is 0.337. The maximum absolute atomic E-state index is 14.3. The van der Waals surface area contributed by atoms with Crippen LogP contribution in [-0.2, 0) is 4.79 Å². The number of likely N-dealkylation sites (tertiary alicyclic amines) is 1. The van der Waals surface area contributed by atoms with E-state index in [2.05, 4.69) is 20.1 Å². The molecule has 0 saturated carbocycles. The monoisotopic (exact) mass is 549 g/mol. The molecule has 1 aromatic carbocycles. The van der Waals surface area contributed by atoms with Crippen LogP contribution < -0.4 is 5.32 Å². The van der Waals surface area contributed by atoms with E-state index < -0.39 is 11.6 Å². The van der Waals surface area contributed by atoms with E-state index in [9.17, 15) is 13.6 Å². The highest BCUT2D eigenvalue weighted by Gasteiger charge is 2.27. The Bertz CT molecular complexity index is 749. The van der Waals surface area contributed by atoms with Gasteiger partial charge in [0.1, 0.15) is 18.2 Å². The number of aliphatic imine (C=N–C) groups is 1. The second-order valence-corrected chi connectivity index (χ2v) is 7.87. The Kier molecular flexibility index (Phi) is 10.4. The van der Waals surface area contributed by atoms with Crippen molar-refractivity contribution in [3.05, 3.63) is 35.4 Å². The number of guanidine groups is 1. The lowest BCUT2D eigenvalue weighted by Crippen LogP contribution is -2.53. The summed E-state index contributed by atoms with van der Waals surface area (Å²) in [6.07, 6.45) is 2.90. The van der Waals surface area contributed by atoms with Crippen molar-refractivity contribution in [1.82, 2.24) is 20.0 Å². The average molecular weight is 549 g/mol. The predicted octanol–water partition coefficient (Wildman–Crippen LogP) is 3.24. The average Bonchev–Trinajstić information content (AvgIpc) is 3.28. The fourth-order valence-corrected chi connectivity index (χ4v) is 4.33. The van der Waals surface area contributed by atoms with Gasteiger partial charge in [0.05, 0.1) is 0 Å². The van der Waals surface area contributed by atoms with Crippen molar-refractivity contribution >= 4 is 35.8 Å². The molecule has 0 aliphatic carbocycles. The highest BCUT2D eigenvalue weighted by molar-refractivity contribution is 14.0. The summed E-state index contributed by atoms with van der Waals surface area (Å²) in [5, 5.41) is 3.29. The highest BCUT2D eigenvalue weighted by Crippen LogP contribution is 2.28. The number of hydrogen-bond donors (Lipinski definition) is 1. The minimum atomic E-state index is -0.550. The molecule has 174 valence electrons. The third kappa shape index (κ3) is 6.74. The molecular formula is C22H34F2IN5O. The van der Waals surface area contributed by atoms with Crippen molar-refractivity contribution in [2.75, 3.05) is 52.4 Å². The third-order valence-electron chi connectivity index (χ3n) is 5.92. The molecule has 2 aliphatic rings. The zero-order valence-electron chi connectivity index (χ0n) is 18.4. The lowest BCUT2D eigenvalue weighted by Gasteiger charge is -2.40. The van der Waals surface area contributed by atoms with Crippen molar-refractivity contribution in [3.8, 4) is 0 Å². The van der Waals surface area contributed by atoms with Crippen LogP contribution in [0.1, 0.15) is 44.7 Å². The number of rotatable bonds is 6. The predicted molar refractivity (Wildman–Crippen MR) is 130 cm³/mol. The first-order valence-electron chi connectivity index (χ1n) is 11.0. The molecule has 0 spiro atoms. The maximum atomic E-state index is 14.3. The van der Waals surface area contributed by atoms with Crippen LogP contribution in [-0.4, -0.2) is 78.9 Å². The van der Waals surface area contributed by atoms with E-state index >= 15 is 0 Å². The Morgan fingerprint density at radius 2 is 1.74 bits per heavy atom. The van der Waals surface area contributed by atoms with E-state index in [1.807, 2.05) is 18.7 Å². The number of piperazine rings is 1. The summed E-state index contributed by atoms with van der Waals surface area (Å²) >= 11 is 0. The van der Waals surface area contributed by atoms with Gasteiger partial charge in [0.25, 0.3) is 0 Å². The maximum Gasteiger partial charge on any atom is 0.244 e. The third-order valence-corrected chi connectivity index (χ3v) is 5.92. The van der Waals surface area contributed by atoms with Crippen LogP contribution in [0.15, 0.2) is 23.2 Å². The summed E-state index contributed by atoms with van der Waals surface area (Å²) in [7, 11) is 0. The highest BCUT2D eigenvalue weighted by atomic mass is 127. The number of benzene rings is 1. The molecule has 1 N–H and O–H groups in total. The minimum absolute atomic E-state index is 0. The van der Waals surface area contributed by atoms with Gasteiger partial charge in [-0.1, -0.05) is 13.0 Å². The second kappa shape index (κ2) is 12.5. The van der Waals surface area contributed by atoms with Gasteiger partial charge < -0.3 is 15.1 Å². The summed E-state index contributed by atoms with van der Waals surface area (Å²) in [4.78, 5) is 23.2. The van der Waals surface area contributed by atoms with Crippen LogP contribution in [0.4, 0.5) is 8.78 Å². The lowest BCUT2D eigenvalue weighted by atomic mass is 10.0. The fraction of sp³-hybridized carbons (Fsp3) is 0.636. The summed E-state index contributed by atoms with van der Waals surface area (Å²) in [5.74, 6) is -0.199. The van der Waals surface area contributed by atoms with Crippen molar-refractivity contribution in [1.29, 1.82) is 0 Å². The number of nitrogens with zero attached hydrogens (tertiary/aromatic N) is 4. The van der Waals surface area contributed by atoms with Gasteiger partial charge in [-0.3, -0.25) is 9.69 Å². The minimum Gasteiger partial charge on any atom is -0.357 e. The second-order valence-electron chi connectivity index (χ2n) is 7.87. The Morgan fingerprint density at radius 3 is 2.32 bits per heavy atom. The normalized spacial score (nSPS) is 18.6. The SMILES string of the molecule is CCNC(=NCC(=O)N1CCCC1)N1CCN(C(CC)c2ccc(F)cc2F)CC1.I. The van der Waals surface area contributed by atoms with E-state index in [1.165, 1.54) is 6.07 Å². The number of nitrogens with one attached hydrogen (secondary N) is 1. The van der Waals surface area contributed by atoms with Gasteiger partial charge in [0.2, 0.25) is 5.91 Å². The summed E-state index contributed by atoms with van der Waals surface area (Å²) in [6, 6.07) is 3.76. The fourth-order valence-electron chi connectivity index (χ4n) is 4.33. The Morgan fingerprint density at radius 1 is 1.06 bits per heavy atom. The standard InChI is InChI=1S/C22H33F2N5O.HI/c1-3-20(18-8-7-17(23)15-19(18)24)27-11-13-29(14-12-27)22(25-4-2)26-16-21(30)28-9-5-6-10-28;/h7-8,15,20H,3-6,9-14,16H2,1-2H3,(H,25,26);1H. The molecular weight excluding hydrogens is 515 g/mol. The van der Waals surface area contributed by atoms with Gasteiger partial charge in [-0.05, 0) is 32.3 Å². The van der Waals surface area contributed by atoms with Crippen molar-refractivity contribution in [2.45, 2.75) is 39.2 Å². The van der Waals surface area contributed by atoms with Crippen molar-refractivity contribution in [3.63, 3.8) is 0 Å². The molecule has 2 heterocycles. The summed E-state index contributed by atoms with van der Waals surface area (Å²) in [5.41, 5.74) is 0.545. The van der Waals surface area contributed by atoms with Gasteiger partial charge in [0.15, 0.2) is 5.96 Å². The summed E-state index contributed by atoms with van der Waals surface area (Å²) < 4.78 is 27.6. The molecule has 6 nitrogen and oxygen atoms in total. The zero-order chi connectivity index (χ0) is 21.5. The lowest BCUT2D eigenvalue weighted by molar-refractivity contribution is -0.128. The van der Waals surface area contributed by atoms with Gasteiger partial charge in [-0.15, -0.1) is 24.0 Å². The van der Waals surface area contributed by atoms with Crippen LogP contribution >= 0.6 is 24.0 Å². The van der Waals surface area contributed by atoms with Crippen molar-refractivity contribution in [2.24, 2.45) is 4.99 Å². The zero-order valence-corrected chi connectivity index (χ0v) is 20.8. The van der Waals surface area contributed by atoms with E-state index in [-0.39, 0.29) is 42.5 Å². The molecule has 0 aromatic heterocycles. The van der Waals surface area contributed by atoms with Gasteiger partial charge in [-0.2, -0.15) is 0 Å². The van der Waals surface area contributed by atoms with E-state index in [1.54, 1.807) is 6.07 Å². The van der Waals surface area contributed by atoms with Gasteiger partial charge in [0, 0.05) is 63.5 Å². The molecule has 2 fully saturated rings. The smallest absolute Gasteiger partial charge is 0.244 e. The van der Waals surface area contributed by atoms with Crippen LogP contribution in [0.2, 0.25) is 0 Å². The first-order valence-corrected chi connectivity index (χ1v) is 11.0. The topological polar surface area (TPSA) is 51.2 Å². The van der Waals surface area contributed by atoms with Gasteiger partial charge in [-0.25, -0.2) is 13.8 Å². The first-order chi connectivity index (χ1) is 14.5. The molecule has 9 heteroatoms.